The molecule has 4 heteroatoms. The first kappa shape index (κ1) is 14.3. The highest BCUT2D eigenvalue weighted by Gasteiger charge is 2.16. The number of carbonyl (C=O) groups excluding carboxylic acids is 1. The van der Waals surface area contributed by atoms with E-state index in [9.17, 15) is 4.79 Å². The van der Waals surface area contributed by atoms with E-state index in [0.717, 1.165) is 25.4 Å². The average Bonchev–Trinajstić information content (AvgIpc) is 2.23. The van der Waals surface area contributed by atoms with Gasteiger partial charge in [-0.15, -0.1) is 0 Å². The van der Waals surface area contributed by atoms with Crippen molar-refractivity contribution in [2.24, 2.45) is 5.92 Å². The Morgan fingerprint density at radius 3 is 2.82 bits per heavy atom. The van der Waals surface area contributed by atoms with Crippen LogP contribution in [0.5, 0.6) is 0 Å². The summed E-state index contributed by atoms with van der Waals surface area (Å²) in [6, 6.07) is 0. The van der Waals surface area contributed by atoms with Crippen LogP contribution >= 0.6 is 0 Å². The van der Waals surface area contributed by atoms with Gasteiger partial charge in [0, 0.05) is 6.54 Å². The number of hydrogen-bond acceptors (Lipinski definition) is 3. The minimum absolute atomic E-state index is 0.306. The van der Waals surface area contributed by atoms with E-state index in [1.165, 1.54) is 19.3 Å². The highest BCUT2D eigenvalue weighted by atomic mass is 16.6. The number of piperidine rings is 1. The van der Waals surface area contributed by atoms with Crippen molar-refractivity contribution >= 4 is 6.09 Å². The second-order valence-electron chi connectivity index (χ2n) is 5.78. The Morgan fingerprint density at radius 1 is 1.47 bits per heavy atom. The first-order valence-electron chi connectivity index (χ1n) is 6.65. The minimum Gasteiger partial charge on any atom is -0.444 e. The summed E-state index contributed by atoms with van der Waals surface area (Å²) in [5, 5.41) is 6.20. The monoisotopic (exact) mass is 242 g/mol. The Morgan fingerprint density at radius 2 is 2.24 bits per heavy atom. The molecule has 1 atom stereocenters. The van der Waals surface area contributed by atoms with Crippen LogP contribution in [-0.2, 0) is 4.74 Å². The standard InChI is InChI=1S/C13H26N2O2/c1-13(2,3)17-12(16)15-9-5-7-11-6-4-8-14-10-11/h11,14H,4-10H2,1-3H3,(H,15,16). The van der Waals surface area contributed by atoms with E-state index in [-0.39, 0.29) is 6.09 Å². The fourth-order valence-electron chi connectivity index (χ4n) is 2.07. The molecule has 17 heavy (non-hydrogen) atoms. The molecule has 100 valence electrons. The zero-order chi connectivity index (χ0) is 12.7. The molecule has 0 aromatic heterocycles. The number of hydrogen-bond donors (Lipinski definition) is 2. The molecular formula is C13H26N2O2. The molecule has 0 aliphatic carbocycles. The normalized spacial score (nSPS) is 21.0. The van der Waals surface area contributed by atoms with E-state index in [2.05, 4.69) is 10.6 Å². The van der Waals surface area contributed by atoms with Crippen molar-refractivity contribution in [3.63, 3.8) is 0 Å². The third kappa shape index (κ3) is 7.21. The predicted octanol–water partition coefficient (Wildman–Crippen LogP) is 2.29. The number of rotatable bonds is 4. The summed E-state index contributed by atoms with van der Waals surface area (Å²) in [6.07, 6.45) is 4.51. The SMILES string of the molecule is CC(C)(C)OC(=O)NCCCC1CCCNC1. The van der Waals surface area contributed by atoms with Crippen LogP contribution in [0.4, 0.5) is 4.79 Å². The Hall–Kier alpha value is -0.770. The first-order valence-corrected chi connectivity index (χ1v) is 6.65. The zero-order valence-electron chi connectivity index (χ0n) is 11.3. The van der Waals surface area contributed by atoms with Gasteiger partial charge in [-0.2, -0.15) is 0 Å². The maximum atomic E-state index is 11.4. The number of ether oxygens (including phenoxy) is 1. The average molecular weight is 242 g/mol. The largest absolute Gasteiger partial charge is 0.444 e. The summed E-state index contributed by atoms with van der Waals surface area (Å²) < 4.78 is 5.17. The summed E-state index contributed by atoms with van der Waals surface area (Å²) in [5.74, 6) is 0.782. The van der Waals surface area contributed by atoms with Gasteiger partial charge in [-0.05, 0) is 65.5 Å². The molecule has 1 rings (SSSR count). The van der Waals surface area contributed by atoms with E-state index >= 15 is 0 Å². The maximum Gasteiger partial charge on any atom is 0.407 e. The van der Waals surface area contributed by atoms with Crippen LogP contribution in [0, 0.1) is 5.92 Å². The molecule has 0 saturated carbocycles. The summed E-state index contributed by atoms with van der Waals surface area (Å²) in [7, 11) is 0. The molecule has 1 amide bonds. The van der Waals surface area contributed by atoms with Crippen LogP contribution in [0.3, 0.4) is 0 Å². The lowest BCUT2D eigenvalue weighted by Crippen LogP contribution is -2.34. The lowest BCUT2D eigenvalue weighted by Gasteiger charge is -2.23. The highest BCUT2D eigenvalue weighted by Crippen LogP contribution is 2.15. The molecule has 1 aliphatic heterocycles. The van der Waals surface area contributed by atoms with Gasteiger partial charge in [-0.25, -0.2) is 4.79 Å². The van der Waals surface area contributed by atoms with Gasteiger partial charge in [0.15, 0.2) is 0 Å². The fraction of sp³-hybridized carbons (Fsp3) is 0.923. The van der Waals surface area contributed by atoms with Crippen molar-refractivity contribution in [3.8, 4) is 0 Å². The van der Waals surface area contributed by atoms with Crippen molar-refractivity contribution in [2.45, 2.75) is 52.1 Å². The number of alkyl carbamates (subject to hydrolysis) is 1. The molecule has 2 N–H and O–H groups in total. The van der Waals surface area contributed by atoms with Gasteiger partial charge in [0.25, 0.3) is 0 Å². The molecule has 0 bridgehead atoms. The maximum absolute atomic E-state index is 11.4. The molecule has 0 aromatic rings. The molecule has 0 spiro atoms. The van der Waals surface area contributed by atoms with Crippen molar-refractivity contribution in [1.29, 1.82) is 0 Å². The number of carbonyl (C=O) groups is 1. The van der Waals surface area contributed by atoms with E-state index in [0.29, 0.717) is 6.54 Å². The van der Waals surface area contributed by atoms with Crippen LogP contribution < -0.4 is 10.6 Å². The minimum atomic E-state index is -0.405. The van der Waals surface area contributed by atoms with Gasteiger partial charge in [0.2, 0.25) is 0 Å². The third-order valence-corrected chi connectivity index (χ3v) is 2.86. The Balaban J connectivity index is 2.01. The van der Waals surface area contributed by atoms with Gasteiger partial charge >= 0.3 is 6.09 Å². The molecule has 1 aliphatic rings. The fourth-order valence-corrected chi connectivity index (χ4v) is 2.07. The Labute approximate surface area is 104 Å². The van der Waals surface area contributed by atoms with Gasteiger partial charge in [-0.1, -0.05) is 0 Å². The summed E-state index contributed by atoms with van der Waals surface area (Å²) >= 11 is 0. The van der Waals surface area contributed by atoms with E-state index < -0.39 is 5.60 Å². The van der Waals surface area contributed by atoms with E-state index in [1.807, 2.05) is 20.8 Å². The second-order valence-corrected chi connectivity index (χ2v) is 5.78. The molecule has 1 saturated heterocycles. The molecule has 4 nitrogen and oxygen atoms in total. The smallest absolute Gasteiger partial charge is 0.407 e. The summed E-state index contributed by atoms with van der Waals surface area (Å²) in [5.41, 5.74) is -0.405. The van der Waals surface area contributed by atoms with Gasteiger partial charge in [-0.3, -0.25) is 0 Å². The Bertz CT molecular complexity index is 230. The molecular weight excluding hydrogens is 216 g/mol. The van der Waals surface area contributed by atoms with Crippen molar-refractivity contribution in [1.82, 2.24) is 10.6 Å². The van der Waals surface area contributed by atoms with Crippen LogP contribution in [0.2, 0.25) is 0 Å². The molecule has 0 aromatic carbocycles. The van der Waals surface area contributed by atoms with Crippen molar-refractivity contribution in [2.75, 3.05) is 19.6 Å². The van der Waals surface area contributed by atoms with Crippen LogP contribution in [-0.4, -0.2) is 31.3 Å². The van der Waals surface area contributed by atoms with Crippen LogP contribution in [0.25, 0.3) is 0 Å². The first-order chi connectivity index (χ1) is 7.97. The highest BCUT2D eigenvalue weighted by molar-refractivity contribution is 5.67. The number of nitrogens with one attached hydrogen (secondary N) is 2. The van der Waals surface area contributed by atoms with Crippen molar-refractivity contribution < 1.29 is 9.53 Å². The lowest BCUT2D eigenvalue weighted by atomic mass is 9.95. The second kappa shape index (κ2) is 6.84. The molecule has 1 fully saturated rings. The summed E-state index contributed by atoms with van der Waals surface area (Å²) in [6.45, 7) is 8.63. The van der Waals surface area contributed by atoms with E-state index in [1.54, 1.807) is 0 Å². The van der Waals surface area contributed by atoms with Crippen LogP contribution in [0.15, 0.2) is 0 Å². The predicted molar refractivity (Wildman–Crippen MR) is 69.1 cm³/mol. The molecule has 1 unspecified atom stereocenters. The lowest BCUT2D eigenvalue weighted by molar-refractivity contribution is 0.0526. The Kier molecular flexibility index (Phi) is 5.75. The van der Waals surface area contributed by atoms with Crippen LogP contribution in [0.1, 0.15) is 46.5 Å². The third-order valence-electron chi connectivity index (χ3n) is 2.86. The van der Waals surface area contributed by atoms with Gasteiger partial charge in [0.05, 0.1) is 0 Å². The van der Waals surface area contributed by atoms with E-state index in [4.69, 9.17) is 4.74 Å². The summed E-state index contributed by atoms with van der Waals surface area (Å²) in [4.78, 5) is 11.4. The number of amides is 1. The van der Waals surface area contributed by atoms with Gasteiger partial charge in [0.1, 0.15) is 5.60 Å². The topological polar surface area (TPSA) is 50.4 Å². The van der Waals surface area contributed by atoms with Gasteiger partial charge < -0.3 is 15.4 Å². The molecule has 0 radical (unpaired) electrons. The quantitative estimate of drug-likeness (QED) is 0.744. The van der Waals surface area contributed by atoms with Crippen molar-refractivity contribution in [3.05, 3.63) is 0 Å². The molecule has 1 heterocycles. The zero-order valence-corrected chi connectivity index (χ0v) is 11.3.